The van der Waals surface area contributed by atoms with Crippen molar-refractivity contribution in [2.45, 2.75) is 32.4 Å². The van der Waals surface area contributed by atoms with Crippen LogP contribution in [0.4, 0.5) is 4.39 Å². The first kappa shape index (κ1) is 13.9. The summed E-state index contributed by atoms with van der Waals surface area (Å²) in [5, 5.41) is 12.5. The molecule has 1 aromatic rings. The molecule has 0 radical (unpaired) electrons. The Hall–Kier alpha value is -1.13. The monoisotopic (exact) mass is 241 g/mol. The van der Waals surface area contributed by atoms with E-state index in [-0.39, 0.29) is 11.6 Å². The maximum absolute atomic E-state index is 13.6. The predicted molar refractivity (Wildman–Crippen MR) is 65.6 cm³/mol. The first-order valence-corrected chi connectivity index (χ1v) is 5.70. The van der Waals surface area contributed by atoms with Crippen LogP contribution in [-0.4, -0.2) is 24.4 Å². The summed E-state index contributed by atoms with van der Waals surface area (Å²) in [4.78, 5) is 0. The molecule has 0 aliphatic rings. The summed E-state index contributed by atoms with van der Waals surface area (Å²) in [5.41, 5.74) is 0.0857. The number of rotatable bonds is 6. The summed E-state index contributed by atoms with van der Waals surface area (Å²) < 4.78 is 18.9. The lowest BCUT2D eigenvalue weighted by molar-refractivity contribution is 0.0547. The molecule has 0 bridgehead atoms. The second-order valence-corrected chi connectivity index (χ2v) is 4.71. The fourth-order valence-corrected chi connectivity index (χ4v) is 1.39. The van der Waals surface area contributed by atoms with E-state index in [4.69, 9.17) is 4.74 Å². The van der Waals surface area contributed by atoms with Gasteiger partial charge in [0.15, 0.2) is 11.6 Å². The van der Waals surface area contributed by atoms with E-state index in [2.05, 4.69) is 5.32 Å². The number of nitrogens with one attached hydrogen (secondary N) is 1. The zero-order valence-electron chi connectivity index (χ0n) is 10.6. The van der Waals surface area contributed by atoms with Crippen LogP contribution in [0.2, 0.25) is 0 Å². The average molecular weight is 241 g/mol. The topological polar surface area (TPSA) is 41.5 Å². The average Bonchev–Trinajstić information content (AvgIpc) is 2.20. The van der Waals surface area contributed by atoms with Crippen molar-refractivity contribution in [1.82, 2.24) is 5.32 Å². The number of halogens is 1. The molecule has 0 unspecified atom stereocenters. The molecular formula is C13H20FNO2. The molecule has 0 spiro atoms. The minimum absolute atomic E-state index is 0.231. The molecule has 0 saturated heterocycles. The van der Waals surface area contributed by atoms with Gasteiger partial charge in [0.1, 0.15) is 0 Å². The highest BCUT2D eigenvalue weighted by Gasteiger charge is 2.13. The van der Waals surface area contributed by atoms with Crippen molar-refractivity contribution < 1.29 is 14.2 Å². The Kier molecular flexibility index (Phi) is 4.90. The molecule has 0 fully saturated rings. The van der Waals surface area contributed by atoms with Gasteiger partial charge in [-0.1, -0.05) is 6.07 Å². The summed E-state index contributed by atoms with van der Waals surface area (Å²) in [6.45, 7) is 4.32. The van der Waals surface area contributed by atoms with Gasteiger partial charge in [-0.3, -0.25) is 0 Å². The van der Waals surface area contributed by atoms with Gasteiger partial charge < -0.3 is 15.2 Å². The third-order valence-corrected chi connectivity index (χ3v) is 2.35. The molecule has 2 N–H and O–H groups in total. The second kappa shape index (κ2) is 5.98. The van der Waals surface area contributed by atoms with Crippen LogP contribution in [0, 0.1) is 5.82 Å². The van der Waals surface area contributed by atoms with Gasteiger partial charge in [-0.25, -0.2) is 4.39 Å². The van der Waals surface area contributed by atoms with E-state index in [0.29, 0.717) is 19.6 Å². The van der Waals surface area contributed by atoms with Gasteiger partial charge in [-0.2, -0.15) is 0 Å². The van der Waals surface area contributed by atoms with Gasteiger partial charge in [0.25, 0.3) is 0 Å². The fourth-order valence-electron chi connectivity index (χ4n) is 1.39. The molecule has 1 aromatic carbocycles. The van der Waals surface area contributed by atoms with Crippen LogP contribution in [0.15, 0.2) is 18.2 Å². The number of hydrogen-bond acceptors (Lipinski definition) is 3. The molecule has 0 aliphatic heterocycles. The first-order valence-electron chi connectivity index (χ1n) is 5.70. The van der Waals surface area contributed by atoms with E-state index in [9.17, 15) is 9.50 Å². The van der Waals surface area contributed by atoms with Crippen LogP contribution in [0.1, 0.15) is 25.8 Å². The molecule has 0 heterocycles. The SMILES string of the molecule is CNCc1ccc(OCCC(C)(C)O)c(F)c1. The van der Waals surface area contributed by atoms with E-state index in [1.165, 1.54) is 6.07 Å². The summed E-state index contributed by atoms with van der Waals surface area (Å²) in [7, 11) is 1.81. The minimum Gasteiger partial charge on any atom is -0.490 e. The molecule has 17 heavy (non-hydrogen) atoms. The number of aliphatic hydroxyl groups is 1. The smallest absolute Gasteiger partial charge is 0.165 e. The Morgan fingerprint density at radius 2 is 2.12 bits per heavy atom. The van der Waals surface area contributed by atoms with Crippen LogP contribution in [0.3, 0.4) is 0 Å². The molecule has 96 valence electrons. The molecule has 0 amide bonds. The van der Waals surface area contributed by atoms with E-state index in [1.54, 1.807) is 19.9 Å². The summed E-state index contributed by atoms with van der Waals surface area (Å²) in [6.07, 6.45) is 0.463. The summed E-state index contributed by atoms with van der Waals surface area (Å²) in [6, 6.07) is 4.89. The minimum atomic E-state index is -0.789. The third kappa shape index (κ3) is 5.15. The maximum atomic E-state index is 13.6. The highest BCUT2D eigenvalue weighted by molar-refractivity contribution is 5.29. The lowest BCUT2D eigenvalue weighted by atomic mass is 10.1. The number of hydrogen-bond donors (Lipinski definition) is 2. The Labute approximate surface area is 102 Å². The quantitative estimate of drug-likeness (QED) is 0.801. The predicted octanol–water partition coefficient (Wildman–Crippen LogP) is 2.08. The molecular weight excluding hydrogens is 221 g/mol. The van der Waals surface area contributed by atoms with Crippen molar-refractivity contribution in [2.75, 3.05) is 13.7 Å². The summed E-state index contributed by atoms with van der Waals surface area (Å²) >= 11 is 0. The molecule has 1 rings (SSSR count). The van der Waals surface area contributed by atoms with Crippen LogP contribution in [0.25, 0.3) is 0 Å². The van der Waals surface area contributed by atoms with Crippen LogP contribution in [-0.2, 0) is 6.54 Å². The van der Waals surface area contributed by atoms with Gasteiger partial charge in [-0.05, 0) is 38.6 Å². The fraction of sp³-hybridized carbons (Fsp3) is 0.538. The standard InChI is InChI=1S/C13H20FNO2/c1-13(2,16)6-7-17-12-5-4-10(9-15-3)8-11(12)14/h4-5,8,15-16H,6-7,9H2,1-3H3. The van der Waals surface area contributed by atoms with Gasteiger partial charge >= 0.3 is 0 Å². The summed E-state index contributed by atoms with van der Waals surface area (Å²) in [5.74, 6) is -0.136. The molecule has 0 saturated carbocycles. The lowest BCUT2D eigenvalue weighted by Gasteiger charge is -2.17. The van der Waals surface area contributed by atoms with Gasteiger partial charge in [-0.15, -0.1) is 0 Å². The zero-order chi connectivity index (χ0) is 12.9. The number of ether oxygens (including phenoxy) is 1. The normalized spacial score (nSPS) is 11.6. The van der Waals surface area contributed by atoms with Crippen LogP contribution < -0.4 is 10.1 Å². The molecule has 4 heteroatoms. The van der Waals surface area contributed by atoms with Crippen molar-refractivity contribution in [3.63, 3.8) is 0 Å². The van der Waals surface area contributed by atoms with Crippen molar-refractivity contribution >= 4 is 0 Å². The van der Waals surface area contributed by atoms with Gasteiger partial charge in [0.05, 0.1) is 12.2 Å². The van der Waals surface area contributed by atoms with Gasteiger partial charge in [0, 0.05) is 13.0 Å². The van der Waals surface area contributed by atoms with Crippen molar-refractivity contribution in [3.8, 4) is 5.75 Å². The lowest BCUT2D eigenvalue weighted by Crippen LogP contribution is -2.22. The highest BCUT2D eigenvalue weighted by atomic mass is 19.1. The van der Waals surface area contributed by atoms with Gasteiger partial charge in [0.2, 0.25) is 0 Å². The largest absolute Gasteiger partial charge is 0.490 e. The number of benzene rings is 1. The van der Waals surface area contributed by atoms with Crippen molar-refractivity contribution in [1.29, 1.82) is 0 Å². The van der Waals surface area contributed by atoms with Crippen molar-refractivity contribution in [3.05, 3.63) is 29.6 Å². The highest BCUT2D eigenvalue weighted by Crippen LogP contribution is 2.19. The zero-order valence-corrected chi connectivity index (χ0v) is 10.6. The second-order valence-electron chi connectivity index (χ2n) is 4.71. The Morgan fingerprint density at radius 1 is 1.41 bits per heavy atom. The van der Waals surface area contributed by atoms with Crippen LogP contribution in [0.5, 0.6) is 5.75 Å². The Balaban J connectivity index is 2.54. The van der Waals surface area contributed by atoms with E-state index < -0.39 is 5.60 Å². The molecule has 0 aromatic heterocycles. The van der Waals surface area contributed by atoms with Crippen molar-refractivity contribution in [2.24, 2.45) is 0 Å². The maximum Gasteiger partial charge on any atom is 0.165 e. The third-order valence-electron chi connectivity index (χ3n) is 2.35. The van der Waals surface area contributed by atoms with E-state index in [1.807, 2.05) is 13.1 Å². The van der Waals surface area contributed by atoms with Crippen LogP contribution >= 0.6 is 0 Å². The Morgan fingerprint density at radius 3 is 2.65 bits per heavy atom. The Bertz CT molecular complexity index is 361. The first-order chi connectivity index (χ1) is 7.92. The molecule has 0 aliphatic carbocycles. The molecule has 3 nitrogen and oxygen atoms in total. The van der Waals surface area contributed by atoms with E-state index in [0.717, 1.165) is 5.56 Å². The molecule has 0 atom stereocenters. The van der Waals surface area contributed by atoms with E-state index >= 15 is 0 Å².